The third-order valence-corrected chi connectivity index (χ3v) is 7.23. The summed E-state index contributed by atoms with van der Waals surface area (Å²) in [6.07, 6.45) is 3.82. The maximum atomic E-state index is 13.5. The van der Waals surface area contributed by atoms with Crippen molar-refractivity contribution in [2.45, 2.75) is 12.8 Å². The number of anilines is 1. The molecule has 2 aromatic heterocycles. The first-order valence-electron chi connectivity index (χ1n) is 12.7. The first-order chi connectivity index (χ1) is 18.1. The molecule has 1 fully saturated rings. The maximum absolute atomic E-state index is 13.5. The highest BCUT2D eigenvalue weighted by molar-refractivity contribution is 6.36. The zero-order valence-electron chi connectivity index (χ0n) is 20.8. The molecule has 37 heavy (non-hydrogen) atoms. The average molecular weight is 489 g/mol. The molecule has 0 aliphatic carbocycles. The molecule has 0 saturated carbocycles. The summed E-state index contributed by atoms with van der Waals surface area (Å²) in [4.78, 5) is 20.3. The third kappa shape index (κ3) is 4.39. The van der Waals surface area contributed by atoms with E-state index in [4.69, 9.17) is 4.98 Å². The van der Waals surface area contributed by atoms with Crippen molar-refractivity contribution in [3.63, 3.8) is 0 Å². The molecule has 3 aromatic carbocycles. The second-order valence-corrected chi connectivity index (χ2v) is 9.77. The van der Waals surface area contributed by atoms with Gasteiger partial charge in [0, 0.05) is 43.0 Å². The standard InChI is InChI=1S/C29H28BN5O2/c30-24-17-32-35-27(15-25(33-28(24)35)23-11-3-4-13-26(23)36)31-16-19-7-6-14-34(18-19)29(37)22-12-5-9-20-8-1-2-10-21(20)22/h1-5,8-13,15,17,19,31,36H,6-7,14,16,18,30H2. The lowest BCUT2D eigenvalue weighted by atomic mass is 9.96. The Morgan fingerprint density at radius 3 is 2.78 bits per heavy atom. The van der Waals surface area contributed by atoms with Gasteiger partial charge in [-0.2, -0.15) is 9.61 Å². The fourth-order valence-electron chi connectivity index (χ4n) is 5.27. The summed E-state index contributed by atoms with van der Waals surface area (Å²) in [7, 11) is 1.98. The number of phenolic OH excluding ortho intramolecular Hbond substituents is 1. The van der Waals surface area contributed by atoms with Crippen molar-refractivity contribution in [2.24, 2.45) is 5.92 Å². The van der Waals surface area contributed by atoms with Gasteiger partial charge in [0.05, 0.1) is 5.69 Å². The number of fused-ring (bicyclic) bond motifs is 2. The quantitative estimate of drug-likeness (QED) is 0.370. The van der Waals surface area contributed by atoms with E-state index in [9.17, 15) is 9.90 Å². The lowest BCUT2D eigenvalue weighted by Gasteiger charge is -2.33. The molecule has 184 valence electrons. The van der Waals surface area contributed by atoms with Crippen LogP contribution in [0.1, 0.15) is 23.2 Å². The van der Waals surface area contributed by atoms with E-state index in [0.717, 1.165) is 52.7 Å². The number of aromatic hydroxyl groups is 1. The van der Waals surface area contributed by atoms with Crippen molar-refractivity contribution in [1.29, 1.82) is 0 Å². The SMILES string of the molecule is Bc1cnn2c(NCC3CCCN(C(=O)c4cccc5ccccc45)C3)cc(-c3ccccc3O)nc12. The molecule has 1 atom stereocenters. The molecule has 1 saturated heterocycles. The van der Waals surface area contributed by atoms with Crippen LogP contribution in [0.2, 0.25) is 0 Å². The number of aromatic nitrogens is 3. The monoisotopic (exact) mass is 489 g/mol. The highest BCUT2D eigenvalue weighted by Gasteiger charge is 2.26. The number of amides is 1. The van der Waals surface area contributed by atoms with E-state index in [1.807, 2.05) is 73.4 Å². The van der Waals surface area contributed by atoms with Crippen LogP contribution in [0.3, 0.4) is 0 Å². The number of carbonyl (C=O) groups excluding carboxylic acids is 1. The molecule has 1 aliphatic heterocycles. The zero-order chi connectivity index (χ0) is 25.4. The van der Waals surface area contributed by atoms with Crippen LogP contribution in [0.4, 0.5) is 5.82 Å². The predicted molar refractivity (Wildman–Crippen MR) is 149 cm³/mol. The largest absolute Gasteiger partial charge is 0.507 e. The molecule has 0 spiro atoms. The van der Waals surface area contributed by atoms with Crippen molar-refractivity contribution in [3.8, 4) is 17.0 Å². The van der Waals surface area contributed by atoms with E-state index in [1.165, 1.54) is 0 Å². The van der Waals surface area contributed by atoms with Gasteiger partial charge in [-0.15, -0.1) is 0 Å². The number of benzene rings is 3. The highest BCUT2D eigenvalue weighted by Crippen LogP contribution is 2.30. The Morgan fingerprint density at radius 1 is 1.08 bits per heavy atom. The molecule has 1 aliphatic rings. The molecule has 8 heteroatoms. The summed E-state index contributed by atoms with van der Waals surface area (Å²) in [5, 5.41) is 20.6. The van der Waals surface area contributed by atoms with Crippen molar-refractivity contribution < 1.29 is 9.90 Å². The molecule has 1 amide bonds. The summed E-state index contributed by atoms with van der Waals surface area (Å²) in [5.41, 5.74) is 3.85. The Morgan fingerprint density at radius 2 is 1.89 bits per heavy atom. The zero-order valence-corrected chi connectivity index (χ0v) is 20.8. The second-order valence-electron chi connectivity index (χ2n) is 9.77. The van der Waals surface area contributed by atoms with Gasteiger partial charge in [0.25, 0.3) is 5.91 Å². The van der Waals surface area contributed by atoms with E-state index in [-0.39, 0.29) is 11.7 Å². The number of carbonyl (C=O) groups is 1. The molecule has 0 bridgehead atoms. The fraction of sp³-hybridized carbons (Fsp3) is 0.207. The van der Waals surface area contributed by atoms with E-state index < -0.39 is 0 Å². The summed E-state index contributed by atoms with van der Waals surface area (Å²) in [5.74, 6) is 1.41. The van der Waals surface area contributed by atoms with E-state index in [2.05, 4.69) is 10.4 Å². The number of nitrogens with one attached hydrogen (secondary N) is 1. The lowest BCUT2D eigenvalue weighted by Crippen LogP contribution is -2.42. The Labute approximate surface area is 216 Å². The minimum atomic E-state index is 0.0948. The molecular formula is C29H28BN5O2. The molecule has 1 unspecified atom stereocenters. The number of rotatable bonds is 5. The van der Waals surface area contributed by atoms with Gasteiger partial charge in [0.1, 0.15) is 19.4 Å². The number of hydrogen-bond donors (Lipinski definition) is 2. The predicted octanol–water partition coefficient (Wildman–Crippen LogP) is 3.48. The van der Waals surface area contributed by atoms with Gasteiger partial charge in [-0.3, -0.25) is 4.79 Å². The number of piperidine rings is 1. The smallest absolute Gasteiger partial charge is 0.254 e. The van der Waals surface area contributed by atoms with E-state index in [1.54, 1.807) is 22.8 Å². The molecule has 0 radical (unpaired) electrons. The molecule has 2 N–H and O–H groups in total. The Kier molecular flexibility index (Phi) is 6.00. The third-order valence-electron chi connectivity index (χ3n) is 7.23. The number of hydrogen-bond acceptors (Lipinski definition) is 5. The average Bonchev–Trinajstić information content (AvgIpc) is 3.32. The van der Waals surface area contributed by atoms with Gasteiger partial charge >= 0.3 is 0 Å². The number of para-hydroxylation sites is 1. The van der Waals surface area contributed by atoms with Gasteiger partial charge in [-0.25, -0.2) is 4.98 Å². The van der Waals surface area contributed by atoms with Crippen molar-refractivity contribution in [2.75, 3.05) is 25.0 Å². The Hall–Kier alpha value is -4.33. The number of likely N-dealkylation sites (tertiary alicyclic amines) is 1. The maximum Gasteiger partial charge on any atom is 0.254 e. The highest BCUT2D eigenvalue weighted by atomic mass is 16.3. The van der Waals surface area contributed by atoms with Crippen LogP contribution >= 0.6 is 0 Å². The number of nitrogens with zero attached hydrogens (tertiary/aromatic N) is 4. The van der Waals surface area contributed by atoms with Crippen LogP contribution in [-0.2, 0) is 0 Å². The van der Waals surface area contributed by atoms with Crippen LogP contribution in [0, 0.1) is 5.92 Å². The van der Waals surface area contributed by atoms with Crippen LogP contribution in [0.15, 0.2) is 79.0 Å². The van der Waals surface area contributed by atoms with Gasteiger partial charge in [0.2, 0.25) is 0 Å². The second kappa shape index (κ2) is 9.62. The summed E-state index contributed by atoms with van der Waals surface area (Å²) < 4.78 is 1.81. The van der Waals surface area contributed by atoms with Crippen molar-refractivity contribution >= 4 is 41.5 Å². The molecular weight excluding hydrogens is 461 g/mol. The fourth-order valence-corrected chi connectivity index (χ4v) is 5.27. The minimum absolute atomic E-state index is 0.0948. The normalized spacial score (nSPS) is 15.8. The van der Waals surface area contributed by atoms with Crippen LogP contribution in [0.5, 0.6) is 5.75 Å². The Balaban J connectivity index is 1.23. The summed E-state index contributed by atoms with van der Waals surface area (Å²) in [6.45, 7) is 2.18. The molecule has 5 aromatic rings. The van der Waals surface area contributed by atoms with Crippen molar-refractivity contribution in [1.82, 2.24) is 19.5 Å². The molecule has 7 nitrogen and oxygen atoms in total. The van der Waals surface area contributed by atoms with Gasteiger partial charge < -0.3 is 15.3 Å². The van der Waals surface area contributed by atoms with Crippen molar-refractivity contribution in [3.05, 3.63) is 84.6 Å². The van der Waals surface area contributed by atoms with E-state index >= 15 is 0 Å². The lowest BCUT2D eigenvalue weighted by molar-refractivity contribution is 0.0682. The van der Waals surface area contributed by atoms with E-state index in [0.29, 0.717) is 30.3 Å². The summed E-state index contributed by atoms with van der Waals surface area (Å²) in [6, 6.07) is 23.1. The molecule has 6 rings (SSSR count). The Bertz CT molecular complexity index is 1610. The first-order valence-corrected chi connectivity index (χ1v) is 12.7. The first kappa shape index (κ1) is 23.1. The van der Waals surface area contributed by atoms with Gasteiger partial charge in [-0.1, -0.05) is 48.5 Å². The summed E-state index contributed by atoms with van der Waals surface area (Å²) >= 11 is 0. The van der Waals surface area contributed by atoms with Gasteiger partial charge in [0.15, 0.2) is 5.65 Å². The topological polar surface area (TPSA) is 82.8 Å². The minimum Gasteiger partial charge on any atom is -0.507 e. The molecule has 3 heterocycles. The van der Waals surface area contributed by atoms with Crippen LogP contribution in [-0.4, -0.2) is 58.0 Å². The number of phenols is 1. The van der Waals surface area contributed by atoms with Crippen LogP contribution < -0.4 is 10.8 Å². The van der Waals surface area contributed by atoms with Crippen LogP contribution in [0.25, 0.3) is 27.7 Å². The van der Waals surface area contributed by atoms with Gasteiger partial charge in [-0.05, 0) is 53.2 Å².